The van der Waals surface area contributed by atoms with Crippen LogP contribution >= 0.6 is 0 Å². The minimum atomic E-state index is -0.340. The first-order valence-electron chi connectivity index (χ1n) is 7.25. The molecule has 122 valence electrons. The Bertz CT molecular complexity index is 456. The molecule has 0 heterocycles. The topological polar surface area (TPSA) is 79.7 Å². The highest BCUT2D eigenvalue weighted by Crippen LogP contribution is 2.21. The number of azide groups is 1. The summed E-state index contributed by atoms with van der Waals surface area (Å²) >= 11 is 0. The quantitative estimate of drug-likeness (QED) is 0.207. The van der Waals surface area contributed by atoms with E-state index in [2.05, 4.69) is 21.8 Å². The molecule has 0 aromatic heterocycles. The van der Waals surface area contributed by atoms with Gasteiger partial charge in [0.1, 0.15) is 0 Å². The van der Waals surface area contributed by atoms with Crippen LogP contribution in [0.1, 0.15) is 18.8 Å². The summed E-state index contributed by atoms with van der Waals surface area (Å²) in [6.45, 7) is 5.17. The molecule has 0 spiro atoms. The van der Waals surface area contributed by atoms with Gasteiger partial charge in [-0.3, -0.25) is 0 Å². The first kappa shape index (κ1) is 18.3. The van der Waals surface area contributed by atoms with Crippen molar-refractivity contribution in [1.82, 2.24) is 0 Å². The number of ether oxygens (including phenoxy) is 3. The van der Waals surface area contributed by atoms with Crippen molar-refractivity contribution in [2.75, 3.05) is 52.0 Å². The number of hydrogen-bond donors (Lipinski definition) is 0. The van der Waals surface area contributed by atoms with E-state index in [-0.39, 0.29) is 6.29 Å². The summed E-state index contributed by atoms with van der Waals surface area (Å²) in [5.74, 6) is 0. The van der Waals surface area contributed by atoms with Gasteiger partial charge in [-0.15, -0.1) is 0 Å². The third-order valence-electron chi connectivity index (χ3n) is 3.24. The lowest BCUT2D eigenvalue weighted by Gasteiger charge is -2.24. The molecule has 0 saturated heterocycles. The minimum Gasteiger partial charge on any atom is -0.379 e. The molecule has 0 aliphatic rings. The summed E-state index contributed by atoms with van der Waals surface area (Å²) in [7, 11) is 3.24. The van der Waals surface area contributed by atoms with E-state index in [1.807, 2.05) is 24.3 Å². The van der Waals surface area contributed by atoms with E-state index in [0.29, 0.717) is 19.8 Å². The maximum absolute atomic E-state index is 8.17. The van der Waals surface area contributed by atoms with Gasteiger partial charge >= 0.3 is 0 Å². The zero-order chi connectivity index (χ0) is 16.2. The molecule has 0 saturated carbocycles. The Kier molecular flexibility index (Phi) is 9.02. The average Bonchev–Trinajstić information content (AvgIpc) is 2.56. The third-order valence-corrected chi connectivity index (χ3v) is 3.24. The van der Waals surface area contributed by atoms with Crippen LogP contribution in [0.5, 0.6) is 0 Å². The van der Waals surface area contributed by atoms with Crippen molar-refractivity contribution in [3.63, 3.8) is 0 Å². The zero-order valence-corrected chi connectivity index (χ0v) is 13.4. The minimum absolute atomic E-state index is 0.340. The van der Waals surface area contributed by atoms with Gasteiger partial charge < -0.3 is 19.1 Å². The number of rotatable bonds is 11. The van der Waals surface area contributed by atoms with Crippen LogP contribution in [-0.4, -0.2) is 47.1 Å². The van der Waals surface area contributed by atoms with Crippen molar-refractivity contribution < 1.29 is 14.2 Å². The third kappa shape index (κ3) is 5.91. The second-order valence-electron chi connectivity index (χ2n) is 4.54. The number of likely N-dealkylation sites (N-methyl/N-ethyl adjacent to an activating group) is 1. The van der Waals surface area contributed by atoms with Gasteiger partial charge in [-0.25, -0.2) is 0 Å². The van der Waals surface area contributed by atoms with E-state index in [0.717, 1.165) is 24.3 Å². The molecule has 0 unspecified atom stereocenters. The molecule has 0 atom stereocenters. The van der Waals surface area contributed by atoms with Gasteiger partial charge in [0, 0.05) is 50.0 Å². The molecule has 1 rings (SSSR count). The molecule has 0 radical (unpaired) electrons. The van der Waals surface area contributed by atoms with E-state index in [1.165, 1.54) is 0 Å². The Morgan fingerprint density at radius 2 is 1.86 bits per heavy atom. The predicted molar refractivity (Wildman–Crippen MR) is 85.9 cm³/mol. The average molecular weight is 308 g/mol. The monoisotopic (exact) mass is 308 g/mol. The summed E-state index contributed by atoms with van der Waals surface area (Å²) in [5, 5.41) is 3.43. The summed E-state index contributed by atoms with van der Waals surface area (Å²) in [5.41, 5.74) is 10.3. The maximum Gasteiger partial charge on any atom is 0.183 e. The fourth-order valence-electron chi connectivity index (χ4n) is 2.11. The van der Waals surface area contributed by atoms with Crippen molar-refractivity contribution in [3.8, 4) is 0 Å². The smallest absolute Gasteiger partial charge is 0.183 e. The highest BCUT2D eigenvalue weighted by atomic mass is 16.7. The van der Waals surface area contributed by atoms with Crippen molar-refractivity contribution in [1.29, 1.82) is 0 Å². The Labute approximate surface area is 131 Å². The molecule has 0 amide bonds. The molecule has 0 aliphatic heterocycles. The fraction of sp³-hybridized carbons (Fsp3) is 0.600. The fourth-order valence-corrected chi connectivity index (χ4v) is 2.11. The van der Waals surface area contributed by atoms with Crippen LogP contribution < -0.4 is 4.90 Å². The summed E-state index contributed by atoms with van der Waals surface area (Å²) < 4.78 is 15.9. The van der Waals surface area contributed by atoms with Gasteiger partial charge in [0.05, 0.1) is 13.2 Å². The molecule has 1 aromatic carbocycles. The lowest BCUT2D eigenvalue weighted by Crippen LogP contribution is -2.27. The van der Waals surface area contributed by atoms with Crippen molar-refractivity contribution in [2.45, 2.75) is 13.2 Å². The van der Waals surface area contributed by atoms with Gasteiger partial charge in [0.2, 0.25) is 0 Å². The zero-order valence-electron chi connectivity index (χ0n) is 13.4. The van der Waals surface area contributed by atoms with Gasteiger partial charge in [-0.05, 0) is 24.6 Å². The number of nitrogens with zero attached hydrogens (tertiary/aromatic N) is 4. The Morgan fingerprint density at radius 3 is 2.41 bits per heavy atom. The van der Waals surface area contributed by atoms with Crippen LogP contribution in [0.3, 0.4) is 0 Å². The van der Waals surface area contributed by atoms with E-state index in [9.17, 15) is 0 Å². The highest BCUT2D eigenvalue weighted by molar-refractivity contribution is 5.47. The molecule has 22 heavy (non-hydrogen) atoms. The van der Waals surface area contributed by atoms with Crippen LogP contribution in [0.25, 0.3) is 10.4 Å². The lowest BCUT2D eigenvalue weighted by molar-refractivity contribution is -0.106. The number of methoxy groups -OCH3 is 2. The van der Waals surface area contributed by atoms with Crippen LogP contribution in [0.4, 0.5) is 5.69 Å². The first-order valence-corrected chi connectivity index (χ1v) is 7.25. The Balaban J connectivity index is 2.50. The lowest BCUT2D eigenvalue weighted by atomic mass is 10.2. The SMILES string of the molecule is CCN(CCOCCN=[N+]=[N-])c1ccc(C(OC)OC)cc1. The summed E-state index contributed by atoms with van der Waals surface area (Å²) in [6, 6.07) is 8.09. The maximum atomic E-state index is 8.17. The normalized spacial score (nSPS) is 10.5. The molecule has 7 nitrogen and oxygen atoms in total. The molecule has 7 heteroatoms. The number of anilines is 1. The molecule has 0 N–H and O–H groups in total. The second kappa shape index (κ2) is 10.9. The molecular weight excluding hydrogens is 284 g/mol. The van der Waals surface area contributed by atoms with Gasteiger partial charge in [-0.1, -0.05) is 17.2 Å². The molecular formula is C15H24N4O3. The standard InChI is InChI=1S/C15H24N4O3/c1-4-19(10-12-22-11-9-17-18-16)14-7-5-13(6-8-14)15(20-2)21-3/h5-8,15H,4,9-12H2,1-3H3. The van der Waals surface area contributed by atoms with E-state index in [1.54, 1.807) is 14.2 Å². The Hall–Kier alpha value is -1.79. The second-order valence-corrected chi connectivity index (χ2v) is 4.54. The van der Waals surface area contributed by atoms with Crippen LogP contribution in [0, 0.1) is 0 Å². The van der Waals surface area contributed by atoms with E-state index < -0.39 is 0 Å². The van der Waals surface area contributed by atoms with E-state index >= 15 is 0 Å². The molecule has 0 aliphatic carbocycles. The van der Waals surface area contributed by atoms with Crippen molar-refractivity contribution in [3.05, 3.63) is 40.3 Å². The highest BCUT2D eigenvalue weighted by Gasteiger charge is 2.10. The number of hydrogen-bond acceptors (Lipinski definition) is 5. The van der Waals surface area contributed by atoms with Crippen molar-refractivity contribution >= 4 is 5.69 Å². The molecule has 1 aromatic rings. The van der Waals surface area contributed by atoms with Crippen LogP contribution in [0.2, 0.25) is 0 Å². The van der Waals surface area contributed by atoms with Gasteiger partial charge in [0.15, 0.2) is 6.29 Å². The van der Waals surface area contributed by atoms with Gasteiger partial charge in [-0.2, -0.15) is 0 Å². The first-order chi connectivity index (χ1) is 10.8. The molecule has 0 fully saturated rings. The largest absolute Gasteiger partial charge is 0.379 e. The summed E-state index contributed by atoms with van der Waals surface area (Å²) in [4.78, 5) is 4.90. The van der Waals surface area contributed by atoms with Crippen LogP contribution in [0.15, 0.2) is 29.4 Å². The predicted octanol–water partition coefficient (Wildman–Crippen LogP) is 3.13. The Morgan fingerprint density at radius 1 is 1.18 bits per heavy atom. The molecule has 0 bridgehead atoms. The van der Waals surface area contributed by atoms with Crippen molar-refractivity contribution in [2.24, 2.45) is 5.11 Å². The van der Waals surface area contributed by atoms with Crippen LogP contribution in [-0.2, 0) is 14.2 Å². The number of benzene rings is 1. The summed E-state index contributed by atoms with van der Waals surface area (Å²) in [6.07, 6.45) is -0.340. The van der Waals surface area contributed by atoms with E-state index in [4.69, 9.17) is 19.7 Å². The van der Waals surface area contributed by atoms with Gasteiger partial charge in [0.25, 0.3) is 0 Å².